The maximum atomic E-state index is 9.15. The van der Waals surface area contributed by atoms with Gasteiger partial charge >= 0.3 is 0 Å². The monoisotopic (exact) mass is 187 g/mol. The van der Waals surface area contributed by atoms with Gasteiger partial charge in [-0.15, -0.1) is 0 Å². The van der Waals surface area contributed by atoms with E-state index >= 15 is 0 Å². The molecule has 0 amide bonds. The Balaban J connectivity index is 3.94. The van der Waals surface area contributed by atoms with Crippen LogP contribution in [0.2, 0.25) is 0 Å². The number of nitrogens with one attached hydrogen (secondary N) is 1. The normalized spacial score (nSPS) is 15.9. The topological polar surface area (TPSA) is 32.3 Å². The van der Waals surface area contributed by atoms with Gasteiger partial charge in [0.2, 0.25) is 0 Å². The van der Waals surface area contributed by atoms with Crippen molar-refractivity contribution < 1.29 is 5.11 Å². The summed E-state index contributed by atoms with van der Waals surface area (Å²) in [4.78, 5) is 0. The molecule has 1 unspecified atom stereocenters. The van der Waals surface area contributed by atoms with E-state index in [0.717, 1.165) is 6.42 Å². The van der Waals surface area contributed by atoms with Gasteiger partial charge < -0.3 is 10.4 Å². The molecule has 0 saturated heterocycles. The predicted octanol–water partition coefficient (Wildman–Crippen LogP) is 2.17. The number of hydrogen-bond acceptors (Lipinski definition) is 2. The van der Waals surface area contributed by atoms with Gasteiger partial charge in [0, 0.05) is 12.1 Å². The van der Waals surface area contributed by atoms with Gasteiger partial charge in [0.15, 0.2) is 0 Å². The van der Waals surface area contributed by atoms with Crippen molar-refractivity contribution in [2.75, 3.05) is 6.54 Å². The third-order valence-electron chi connectivity index (χ3n) is 1.85. The van der Waals surface area contributed by atoms with Crippen molar-refractivity contribution in [2.24, 2.45) is 5.41 Å². The van der Waals surface area contributed by atoms with Crippen molar-refractivity contribution in [1.29, 1.82) is 0 Å². The summed E-state index contributed by atoms with van der Waals surface area (Å²) >= 11 is 0. The lowest BCUT2D eigenvalue weighted by atomic mass is 9.82. The number of aliphatic hydroxyl groups excluding tert-OH is 1. The Kier molecular flexibility index (Phi) is 4.40. The fourth-order valence-corrected chi connectivity index (χ4v) is 1.81. The molecule has 0 aliphatic rings. The zero-order valence-electron chi connectivity index (χ0n) is 9.94. The lowest BCUT2D eigenvalue weighted by molar-refractivity contribution is 0.161. The van der Waals surface area contributed by atoms with Crippen molar-refractivity contribution in [1.82, 2.24) is 5.32 Å². The van der Waals surface area contributed by atoms with Crippen LogP contribution in [0.1, 0.15) is 48.0 Å². The highest BCUT2D eigenvalue weighted by Gasteiger charge is 2.24. The van der Waals surface area contributed by atoms with Crippen LogP contribution in [0.3, 0.4) is 0 Å². The third-order valence-corrected chi connectivity index (χ3v) is 1.85. The number of hydrogen-bond donors (Lipinski definition) is 2. The molecule has 13 heavy (non-hydrogen) atoms. The Labute approximate surface area is 82.7 Å². The highest BCUT2D eigenvalue weighted by atomic mass is 16.3. The Morgan fingerprint density at radius 1 is 1.15 bits per heavy atom. The number of rotatable bonds is 4. The van der Waals surface area contributed by atoms with Crippen LogP contribution in [0, 0.1) is 5.41 Å². The van der Waals surface area contributed by atoms with E-state index in [4.69, 9.17) is 5.11 Å². The first kappa shape index (κ1) is 12.9. The van der Waals surface area contributed by atoms with Crippen molar-refractivity contribution in [2.45, 2.75) is 59.6 Å². The standard InChI is InChI=1S/C11H25NO/c1-9(13)7-12-11(5,6)8-10(2,3)4/h9,12-13H,7-8H2,1-6H3. The average Bonchev–Trinajstić information content (AvgIpc) is 1.78. The molecule has 0 bridgehead atoms. The second-order valence-corrected chi connectivity index (χ2v) is 5.85. The highest BCUT2D eigenvalue weighted by Crippen LogP contribution is 2.26. The van der Waals surface area contributed by atoms with E-state index in [2.05, 4.69) is 39.9 Å². The van der Waals surface area contributed by atoms with Gasteiger partial charge in [-0.25, -0.2) is 0 Å². The quantitative estimate of drug-likeness (QED) is 0.707. The van der Waals surface area contributed by atoms with Crippen molar-refractivity contribution in [3.05, 3.63) is 0 Å². The minimum absolute atomic E-state index is 0.106. The van der Waals surface area contributed by atoms with E-state index in [9.17, 15) is 0 Å². The second-order valence-electron chi connectivity index (χ2n) is 5.85. The van der Waals surface area contributed by atoms with E-state index in [-0.39, 0.29) is 11.6 Å². The summed E-state index contributed by atoms with van der Waals surface area (Å²) in [6.45, 7) is 13.5. The molecule has 2 nitrogen and oxygen atoms in total. The Morgan fingerprint density at radius 2 is 1.62 bits per heavy atom. The molecule has 0 rings (SSSR count). The molecule has 2 N–H and O–H groups in total. The van der Waals surface area contributed by atoms with Crippen LogP contribution < -0.4 is 5.32 Å². The van der Waals surface area contributed by atoms with Crippen LogP contribution >= 0.6 is 0 Å². The first-order chi connectivity index (χ1) is 5.62. The van der Waals surface area contributed by atoms with E-state index in [1.807, 2.05) is 0 Å². The zero-order valence-corrected chi connectivity index (χ0v) is 9.94. The van der Waals surface area contributed by atoms with E-state index in [0.29, 0.717) is 12.0 Å². The largest absolute Gasteiger partial charge is 0.392 e. The molecular formula is C11H25NO. The molecule has 0 aliphatic heterocycles. The summed E-state index contributed by atoms with van der Waals surface area (Å²) in [6, 6.07) is 0. The van der Waals surface area contributed by atoms with Crippen molar-refractivity contribution >= 4 is 0 Å². The van der Waals surface area contributed by atoms with Crippen molar-refractivity contribution in [3.8, 4) is 0 Å². The minimum Gasteiger partial charge on any atom is -0.392 e. The van der Waals surface area contributed by atoms with Gasteiger partial charge in [-0.05, 0) is 32.6 Å². The van der Waals surface area contributed by atoms with E-state index in [1.54, 1.807) is 6.92 Å². The van der Waals surface area contributed by atoms with Crippen LogP contribution in [-0.4, -0.2) is 23.3 Å². The Morgan fingerprint density at radius 3 is 1.92 bits per heavy atom. The molecule has 0 spiro atoms. The van der Waals surface area contributed by atoms with Gasteiger partial charge in [0.05, 0.1) is 6.10 Å². The van der Waals surface area contributed by atoms with Crippen LogP contribution in [0.5, 0.6) is 0 Å². The molecule has 2 heteroatoms. The van der Waals surface area contributed by atoms with Crippen LogP contribution in [-0.2, 0) is 0 Å². The molecule has 0 saturated carbocycles. The van der Waals surface area contributed by atoms with Gasteiger partial charge in [0.1, 0.15) is 0 Å². The lowest BCUT2D eigenvalue weighted by Gasteiger charge is -2.34. The SMILES string of the molecule is CC(O)CNC(C)(C)CC(C)(C)C. The summed E-state index contributed by atoms with van der Waals surface area (Å²) in [5.41, 5.74) is 0.435. The maximum absolute atomic E-state index is 9.15. The van der Waals surface area contributed by atoms with E-state index in [1.165, 1.54) is 0 Å². The maximum Gasteiger partial charge on any atom is 0.0636 e. The van der Waals surface area contributed by atoms with Crippen LogP contribution in [0.25, 0.3) is 0 Å². The Bertz CT molecular complexity index is 145. The lowest BCUT2D eigenvalue weighted by Crippen LogP contribution is -2.45. The first-order valence-corrected chi connectivity index (χ1v) is 5.05. The van der Waals surface area contributed by atoms with Crippen LogP contribution in [0.4, 0.5) is 0 Å². The van der Waals surface area contributed by atoms with Crippen LogP contribution in [0.15, 0.2) is 0 Å². The molecule has 0 aromatic carbocycles. The number of β-amino-alcohol motifs (C(OH)–C–C–N with tert-alkyl or cyclic N) is 1. The highest BCUT2D eigenvalue weighted by molar-refractivity contribution is 4.83. The molecule has 0 aliphatic carbocycles. The summed E-state index contributed by atoms with van der Waals surface area (Å²) in [6.07, 6.45) is 0.839. The average molecular weight is 187 g/mol. The zero-order chi connectivity index (χ0) is 10.7. The summed E-state index contributed by atoms with van der Waals surface area (Å²) in [5, 5.41) is 12.5. The summed E-state index contributed by atoms with van der Waals surface area (Å²) < 4.78 is 0. The van der Waals surface area contributed by atoms with Gasteiger partial charge in [-0.3, -0.25) is 0 Å². The molecule has 0 fully saturated rings. The molecule has 0 heterocycles. The fraction of sp³-hybridized carbons (Fsp3) is 1.00. The smallest absolute Gasteiger partial charge is 0.0636 e. The van der Waals surface area contributed by atoms with Gasteiger partial charge in [0.25, 0.3) is 0 Å². The summed E-state index contributed by atoms with van der Waals surface area (Å²) in [5.74, 6) is 0. The van der Waals surface area contributed by atoms with E-state index < -0.39 is 0 Å². The summed E-state index contributed by atoms with van der Waals surface area (Å²) in [7, 11) is 0. The van der Waals surface area contributed by atoms with Crippen molar-refractivity contribution in [3.63, 3.8) is 0 Å². The molecule has 0 aromatic heterocycles. The van der Waals surface area contributed by atoms with Gasteiger partial charge in [-0.2, -0.15) is 0 Å². The molecule has 80 valence electrons. The minimum atomic E-state index is -0.265. The molecule has 0 aromatic rings. The second kappa shape index (κ2) is 4.43. The third kappa shape index (κ3) is 8.26. The molecule has 0 radical (unpaired) electrons. The number of aliphatic hydroxyl groups is 1. The fourth-order valence-electron chi connectivity index (χ4n) is 1.81. The molecular weight excluding hydrogens is 162 g/mol. The van der Waals surface area contributed by atoms with Gasteiger partial charge in [-0.1, -0.05) is 20.8 Å². The predicted molar refractivity (Wildman–Crippen MR) is 57.8 cm³/mol. The molecule has 1 atom stereocenters. The Hall–Kier alpha value is -0.0800. The first-order valence-electron chi connectivity index (χ1n) is 5.05.